The Kier molecular flexibility index (Phi) is 6.39. The van der Waals surface area contributed by atoms with Crippen LogP contribution in [-0.2, 0) is 17.8 Å². The summed E-state index contributed by atoms with van der Waals surface area (Å²) >= 11 is 0. The molecular weight excluding hydrogens is 278 g/mol. The summed E-state index contributed by atoms with van der Waals surface area (Å²) in [6.07, 6.45) is 4.31. The molecule has 0 saturated heterocycles. The van der Waals surface area contributed by atoms with Crippen LogP contribution in [0.5, 0.6) is 5.75 Å². The van der Waals surface area contributed by atoms with Crippen molar-refractivity contribution in [1.82, 2.24) is 15.6 Å². The predicted octanol–water partition coefficient (Wildman–Crippen LogP) is 1.54. The Morgan fingerprint density at radius 1 is 1.23 bits per heavy atom. The highest BCUT2D eigenvalue weighted by Gasteiger charge is 2.01. The van der Waals surface area contributed by atoms with Crippen LogP contribution < -0.4 is 15.4 Å². The molecule has 1 aromatic heterocycles. The van der Waals surface area contributed by atoms with E-state index < -0.39 is 0 Å². The van der Waals surface area contributed by atoms with Gasteiger partial charge in [-0.2, -0.15) is 0 Å². The highest BCUT2D eigenvalue weighted by Crippen LogP contribution is 2.12. The number of hydrogen-bond donors (Lipinski definition) is 2. The zero-order valence-corrected chi connectivity index (χ0v) is 12.7. The monoisotopic (exact) mass is 299 g/mol. The van der Waals surface area contributed by atoms with Gasteiger partial charge in [0, 0.05) is 18.9 Å². The molecule has 0 unspecified atom stereocenters. The van der Waals surface area contributed by atoms with E-state index in [1.807, 2.05) is 36.4 Å². The molecule has 1 aromatic carbocycles. The summed E-state index contributed by atoms with van der Waals surface area (Å²) in [5.74, 6) is 0.834. The van der Waals surface area contributed by atoms with E-state index in [0.717, 1.165) is 24.3 Å². The molecule has 2 rings (SSSR count). The molecule has 1 heterocycles. The van der Waals surface area contributed by atoms with Crippen molar-refractivity contribution in [3.63, 3.8) is 0 Å². The average molecular weight is 299 g/mol. The lowest BCUT2D eigenvalue weighted by molar-refractivity contribution is -0.120. The number of carbonyl (C=O) groups is 1. The van der Waals surface area contributed by atoms with Gasteiger partial charge in [0.2, 0.25) is 5.91 Å². The van der Waals surface area contributed by atoms with Gasteiger partial charge in [0.15, 0.2) is 0 Å². The van der Waals surface area contributed by atoms with Crippen molar-refractivity contribution >= 4 is 5.91 Å². The fourth-order valence-corrected chi connectivity index (χ4v) is 2.03. The first-order chi connectivity index (χ1) is 10.8. The largest absolute Gasteiger partial charge is 0.497 e. The van der Waals surface area contributed by atoms with Crippen molar-refractivity contribution < 1.29 is 9.53 Å². The lowest BCUT2D eigenvalue weighted by Crippen LogP contribution is -2.34. The van der Waals surface area contributed by atoms with Crippen LogP contribution in [0.4, 0.5) is 0 Å². The molecule has 0 aliphatic heterocycles. The van der Waals surface area contributed by atoms with Gasteiger partial charge in [-0.3, -0.25) is 9.78 Å². The average Bonchev–Trinajstić information content (AvgIpc) is 2.58. The molecule has 0 saturated carbocycles. The standard InChI is InChI=1S/C17H21N3O2/c1-22-16-6-2-4-14(10-16)7-9-19-13-17(21)20-12-15-5-3-8-18-11-15/h2-6,8,10-11,19H,7,9,12-13H2,1H3,(H,20,21). The van der Waals surface area contributed by atoms with E-state index in [1.54, 1.807) is 19.5 Å². The molecule has 0 aliphatic carbocycles. The molecule has 0 radical (unpaired) electrons. The zero-order valence-electron chi connectivity index (χ0n) is 12.7. The number of carbonyl (C=O) groups excluding carboxylic acids is 1. The Morgan fingerprint density at radius 2 is 2.09 bits per heavy atom. The van der Waals surface area contributed by atoms with Crippen molar-refractivity contribution in [3.8, 4) is 5.75 Å². The topological polar surface area (TPSA) is 63.2 Å². The summed E-state index contributed by atoms with van der Waals surface area (Å²) in [7, 11) is 1.66. The molecular formula is C17H21N3O2. The van der Waals surface area contributed by atoms with Gasteiger partial charge in [0.25, 0.3) is 0 Å². The minimum absolute atomic E-state index is 0.0190. The predicted molar refractivity (Wildman–Crippen MR) is 85.7 cm³/mol. The minimum atomic E-state index is -0.0190. The summed E-state index contributed by atoms with van der Waals surface area (Å²) in [6, 6.07) is 11.7. The molecule has 22 heavy (non-hydrogen) atoms. The summed E-state index contributed by atoms with van der Waals surface area (Å²) in [4.78, 5) is 15.7. The number of aromatic nitrogens is 1. The number of nitrogens with one attached hydrogen (secondary N) is 2. The molecule has 5 nitrogen and oxygen atoms in total. The zero-order chi connectivity index (χ0) is 15.6. The van der Waals surface area contributed by atoms with Crippen molar-refractivity contribution in [2.45, 2.75) is 13.0 Å². The normalized spacial score (nSPS) is 10.2. The van der Waals surface area contributed by atoms with E-state index in [9.17, 15) is 4.79 Å². The van der Waals surface area contributed by atoms with Crippen LogP contribution in [0, 0.1) is 0 Å². The molecule has 0 aliphatic rings. The third-order valence-electron chi connectivity index (χ3n) is 3.22. The van der Waals surface area contributed by atoms with E-state index in [2.05, 4.69) is 15.6 Å². The van der Waals surface area contributed by atoms with Gasteiger partial charge in [0.05, 0.1) is 13.7 Å². The maximum atomic E-state index is 11.7. The summed E-state index contributed by atoms with van der Waals surface area (Å²) in [5.41, 5.74) is 2.18. The Labute approximate surface area is 130 Å². The van der Waals surface area contributed by atoms with Crippen LogP contribution in [0.25, 0.3) is 0 Å². The second kappa shape index (κ2) is 8.79. The minimum Gasteiger partial charge on any atom is -0.497 e. The first kappa shape index (κ1) is 16.0. The fourth-order valence-electron chi connectivity index (χ4n) is 2.03. The van der Waals surface area contributed by atoms with E-state index >= 15 is 0 Å². The fraction of sp³-hybridized carbons (Fsp3) is 0.294. The van der Waals surface area contributed by atoms with E-state index in [-0.39, 0.29) is 5.91 Å². The van der Waals surface area contributed by atoms with Gasteiger partial charge in [-0.1, -0.05) is 18.2 Å². The smallest absolute Gasteiger partial charge is 0.234 e. The summed E-state index contributed by atoms with van der Waals surface area (Å²) in [5, 5.41) is 5.99. The van der Waals surface area contributed by atoms with Crippen LogP contribution in [-0.4, -0.2) is 31.1 Å². The molecule has 0 bridgehead atoms. The van der Waals surface area contributed by atoms with Crippen molar-refractivity contribution in [2.75, 3.05) is 20.2 Å². The maximum Gasteiger partial charge on any atom is 0.234 e. The number of benzene rings is 1. The van der Waals surface area contributed by atoms with Gasteiger partial charge < -0.3 is 15.4 Å². The maximum absolute atomic E-state index is 11.7. The second-order valence-electron chi connectivity index (χ2n) is 4.92. The summed E-state index contributed by atoms with van der Waals surface area (Å²) < 4.78 is 5.18. The molecule has 0 fully saturated rings. The van der Waals surface area contributed by atoms with Crippen molar-refractivity contribution in [2.24, 2.45) is 0 Å². The first-order valence-corrected chi connectivity index (χ1v) is 7.27. The van der Waals surface area contributed by atoms with Gasteiger partial charge in [-0.25, -0.2) is 0 Å². The molecule has 5 heteroatoms. The number of nitrogens with zero attached hydrogens (tertiary/aromatic N) is 1. The summed E-state index contributed by atoms with van der Waals surface area (Å²) in [6.45, 7) is 1.56. The van der Waals surface area contributed by atoms with Crippen LogP contribution in [0.15, 0.2) is 48.8 Å². The van der Waals surface area contributed by atoms with E-state index in [4.69, 9.17) is 4.74 Å². The molecule has 116 valence electrons. The molecule has 0 spiro atoms. The van der Waals surface area contributed by atoms with Crippen LogP contribution in [0.2, 0.25) is 0 Å². The quantitative estimate of drug-likeness (QED) is 0.726. The van der Waals surface area contributed by atoms with E-state index in [0.29, 0.717) is 13.1 Å². The SMILES string of the molecule is COc1cccc(CCNCC(=O)NCc2cccnc2)c1. The number of methoxy groups -OCH3 is 1. The molecule has 1 amide bonds. The second-order valence-corrected chi connectivity index (χ2v) is 4.92. The van der Waals surface area contributed by atoms with Crippen molar-refractivity contribution in [1.29, 1.82) is 0 Å². The van der Waals surface area contributed by atoms with Crippen LogP contribution >= 0.6 is 0 Å². The Bertz CT molecular complexity index is 587. The molecule has 2 N–H and O–H groups in total. The van der Waals surface area contributed by atoms with Gasteiger partial charge in [0.1, 0.15) is 5.75 Å². The third kappa shape index (κ3) is 5.54. The number of hydrogen-bond acceptors (Lipinski definition) is 4. The van der Waals surface area contributed by atoms with Crippen LogP contribution in [0.3, 0.4) is 0 Å². The molecule has 0 atom stereocenters. The Morgan fingerprint density at radius 3 is 2.86 bits per heavy atom. The Hall–Kier alpha value is -2.40. The van der Waals surface area contributed by atoms with E-state index in [1.165, 1.54) is 5.56 Å². The van der Waals surface area contributed by atoms with Gasteiger partial charge >= 0.3 is 0 Å². The number of pyridine rings is 1. The number of amides is 1. The van der Waals surface area contributed by atoms with Gasteiger partial charge in [-0.15, -0.1) is 0 Å². The lowest BCUT2D eigenvalue weighted by Gasteiger charge is -2.07. The highest BCUT2D eigenvalue weighted by atomic mass is 16.5. The lowest BCUT2D eigenvalue weighted by atomic mass is 10.1. The molecule has 2 aromatic rings. The van der Waals surface area contributed by atoms with Gasteiger partial charge in [-0.05, 0) is 42.3 Å². The first-order valence-electron chi connectivity index (χ1n) is 7.27. The number of rotatable bonds is 8. The number of ether oxygens (including phenoxy) is 1. The Balaban J connectivity index is 1.62. The third-order valence-corrected chi connectivity index (χ3v) is 3.22. The van der Waals surface area contributed by atoms with Crippen LogP contribution in [0.1, 0.15) is 11.1 Å². The van der Waals surface area contributed by atoms with Crippen molar-refractivity contribution in [3.05, 3.63) is 59.9 Å². The highest BCUT2D eigenvalue weighted by molar-refractivity contribution is 5.77.